The van der Waals surface area contributed by atoms with E-state index in [0.29, 0.717) is 0 Å². The highest BCUT2D eigenvalue weighted by molar-refractivity contribution is 9.10. The summed E-state index contributed by atoms with van der Waals surface area (Å²) in [5, 5.41) is 0. The molecule has 0 saturated heterocycles. The summed E-state index contributed by atoms with van der Waals surface area (Å²) in [5.41, 5.74) is 0. The van der Waals surface area contributed by atoms with Crippen LogP contribution in [-0.4, -0.2) is 30.5 Å². The molecule has 0 heterocycles. The molecule has 1 aromatic carbocycles. The molecular formula is C12H12BrF2NO2. The topological polar surface area (TPSA) is 29.5 Å². The van der Waals surface area contributed by atoms with E-state index < -0.39 is 11.6 Å². The molecular weight excluding hydrogens is 308 g/mol. The third-order valence-electron chi connectivity index (χ3n) is 2.79. The first kappa shape index (κ1) is 13.3. The molecule has 1 fully saturated rings. The summed E-state index contributed by atoms with van der Waals surface area (Å²) in [6.07, 6.45) is 1.99. The molecule has 1 aliphatic rings. The van der Waals surface area contributed by atoms with Gasteiger partial charge in [0.05, 0.1) is 4.47 Å². The van der Waals surface area contributed by atoms with Gasteiger partial charge in [-0.1, -0.05) is 0 Å². The minimum atomic E-state index is -0.830. The van der Waals surface area contributed by atoms with Crippen molar-refractivity contribution in [3.8, 4) is 5.75 Å². The molecule has 0 radical (unpaired) electrons. The normalized spacial score (nSPS) is 14.4. The Morgan fingerprint density at radius 3 is 2.72 bits per heavy atom. The van der Waals surface area contributed by atoms with Crippen LogP contribution >= 0.6 is 15.9 Å². The van der Waals surface area contributed by atoms with Gasteiger partial charge in [0.1, 0.15) is 5.82 Å². The van der Waals surface area contributed by atoms with Gasteiger partial charge in [-0.2, -0.15) is 0 Å². The zero-order valence-corrected chi connectivity index (χ0v) is 11.3. The Bertz CT molecular complexity index is 454. The van der Waals surface area contributed by atoms with Gasteiger partial charge in [-0.15, -0.1) is 0 Å². The summed E-state index contributed by atoms with van der Waals surface area (Å²) in [6.45, 7) is -0.256. The molecule has 6 heteroatoms. The number of carbonyl (C=O) groups excluding carboxylic acids is 1. The molecule has 1 aromatic rings. The number of halogens is 3. The first-order chi connectivity index (χ1) is 8.49. The molecule has 0 aliphatic heterocycles. The first-order valence-electron chi connectivity index (χ1n) is 5.52. The van der Waals surface area contributed by atoms with Crippen molar-refractivity contribution in [2.45, 2.75) is 18.9 Å². The number of hydrogen-bond acceptors (Lipinski definition) is 2. The average Bonchev–Trinajstić information content (AvgIpc) is 3.09. The summed E-state index contributed by atoms with van der Waals surface area (Å²) < 4.78 is 31.5. The van der Waals surface area contributed by atoms with Crippen LogP contribution < -0.4 is 4.74 Å². The van der Waals surface area contributed by atoms with E-state index in [9.17, 15) is 13.6 Å². The summed E-state index contributed by atoms with van der Waals surface area (Å²) in [5.74, 6) is -1.89. The van der Waals surface area contributed by atoms with Crippen LogP contribution in [0.4, 0.5) is 8.78 Å². The second-order valence-corrected chi connectivity index (χ2v) is 5.08. The van der Waals surface area contributed by atoms with Gasteiger partial charge in [0, 0.05) is 19.2 Å². The number of benzene rings is 1. The maximum Gasteiger partial charge on any atom is 0.260 e. The lowest BCUT2D eigenvalue weighted by atomic mass is 10.3. The molecule has 1 saturated carbocycles. The number of carbonyl (C=O) groups is 1. The number of ether oxygens (including phenoxy) is 1. The molecule has 0 spiro atoms. The van der Waals surface area contributed by atoms with Crippen molar-refractivity contribution >= 4 is 21.8 Å². The van der Waals surface area contributed by atoms with Crippen LogP contribution in [0, 0.1) is 11.6 Å². The molecule has 3 nitrogen and oxygen atoms in total. The van der Waals surface area contributed by atoms with Crippen LogP contribution in [-0.2, 0) is 4.79 Å². The van der Waals surface area contributed by atoms with Crippen molar-refractivity contribution in [2.24, 2.45) is 0 Å². The van der Waals surface area contributed by atoms with Crippen molar-refractivity contribution < 1.29 is 18.3 Å². The van der Waals surface area contributed by atoms with Crippen molar-refractivity contribution in [3.63, 3.8) is 0 Å². The number of nitrogens with zero attached hydrogens (tertiary/aromatic N) is 1. The monoisotopic (exact) mass is 319 g/mol. The van der Waals surface area contributed by atoms with E-state index in [-0.39, 0.29) is 28.8 Å². The van der Waals surface area contributed by atoms with E-state index in [1.165, 1.54) is 0 Å². The maximum atomic E-state index is 13.4. The van der Waals surface area contributed by atoms with E-state index in [2.05, 4.69) is 15.9 Å². The van der Waals surface area contributed by atoms with E-state index in [1.807, 2.05) is 0 Å². The van der Waals surface area contributed by atoms with Gasteiger partial charge in [0.15, 0.2) is 18.2 Å². The van der Waals surface area contributed by atoms with Crippen molar-refractivity contribution in [1.82, 2.24) is 4.90 Å². The van der Waals surface area contributed by atoms with E-state index >= 15 is 0 Å². The predicted molar refractivity (Wildman–Crippen MR) is 65.3 cm³/mol. The van der Waals surface area contributed by atoms with Crippen molar-refractivity contribution in [3.05, 3.63) is 28.2 Å². The van der Waals surface area contributed by atoms with Gasteiger partial charge in [0.2, 0.25) is 0 Å². The largest absolute Gasteiger partial charge is 0.479 e. The Hall–Kier alpha value is -1.17. The van der Waals surface area contributed by atoms with Crippen LogP contribution in [0.25, 0.3) is 0 Å². The maximum absolute atomic E-state index is 13.4. The standard InChI is InChI=1S/C12H12BrF2NO2/c1-16(8-2-3-8)11(17)6-18-12-9(13)4-7(14)5-10(12)15/h4-5,8H,2-3,6H2,1H3. The summed E-state index contributed by atoms with van der Waals surface area (Å²) in [7, 11) is 1.69. The Labute approximate surface area is 112 Å². The van der Waals surface area contributed by atoms with Gasteiger partial charge >= 0.3 is 0 Å². The van der Waals surface area contributed by atoms with Gasteiger partial charge in [-0.3, -0.25) is 4.79 Å². The van der Waals surface area contributed by atoms with E-state index in [1.54, 1.807) is 11.9 Å². The summed E-state index contributed by atoms with van der Waals surface area (Å²) in [4.78, 5) is 13.3. The zero-order chi connectivity index (χ0) is 13.3. The Morgan fingerprint density at radius 2 is 2.17 bits per heavy atom. The predicted octanol–water partition coefficient (Wildman–Crippen LogP) is 2.73. The lowest BCUT2D eigenvalue weighted by Crippen LogP contribution is -2.33. The smallest absolute Gasteiger partial charge is 0.260 e. The Morgan fingerprint density at radius 1 is 1.50 bits per heavy atom. The number of amides is 1. The third-order valence-corrected chi connectivity index (χ3v) is 3.38. The van der Waals surface area contributed by atoms with Gasteiger partial charge < -0.3 is 9.64 Å². The van der Waals surface area contributed by atoms with Crippen molar-refractivity contribution in [1.29, 1.82) is 0 Å². The Balaban J connectivity index is 1.99. The fourth-order valence-electron chi connectivity index (χ4n) is 1.57. The summed E-state index contributed by atoms with van der Waals surface area (Å²) in [6, 6.07) is 2.09. The number of likely N-dealkylation sites (N-methyl/N-ethyl adjacent to an activating group) is 1. The van der Waals surface area contributed by atoms with Gasteiger partial charge in [-0.05, 0) is 34.8 Å². The molecule has 0 bridgehead atoms. The molecule has 2 rings (SSSR count). The number of rotatable bonds is 4. The number of hydrogen-bond donors (Lipinski definition) is 0. The molecule has 1 amide bonds. The second kappa shape index (κ2) is 5.22. The van der Waals surface area contributed by atoms with E-state index in [0.717, 1.165) is 25.0 Å². The fourth-order valence-corrected chi connectivity index (χ4v) is 2.09. The molecule has 18 heavy (non-hydrogen) atoms. The van der Waals surface area contributed by atoms with Crippen molar-refractivity contribution in [2.75, 3.05) is 13.7 Å². The van der Waals surface area contributed by atoms with Crippen LogP contribution in [0.15, 0.2) is 16.6 Å². The molecule has 1 aliphatic carbocycles. The lowest BCUT2D eigenvalue weighted by molar-refractivity contribution is -0.132. The van der Waals surface area contributed by atoms with Gasteiger partial charge in [-0.25, -0.2) is 8.78 Å². The first-order valence-corrected chi connectivity index (χ1v) is 6.31. The van der Waals surface area contributed by atoms with Crippen LogP contribution in [0.3, 0.4) is 0 Å². The fraction of sp³-hybridized carbons (Fsp3) is 0.417. The van der Waals surface area contributed by atoms with E-state index in [4.69, 9.17) is 4.74 Å². The highest BCUT2D eigenvalue weighted by Gasteiger charge is 2.29. The molecule has 0 aromatic heterocycles. The summed E-state index contributed by atoms with van der Waals surface area (Å²) >= 11 is 3.00. The molecule has 0 N–H and O–H groups in total. The molecule has 0 unspecified atom stereocenters. The quantitative estimate of drug-likeness (QED) is 0.854. The lowest BCUT2D eigenvalue weighted by Gasteiger charge is -2.17. The minimum absolute atomic E-state index is 0.144. The third kappa shape index (κ3) is 2.98. The second-order valence-electron chi connectivity index (χ2n) is 4.22. The van der Waals surface area contributed by atoms with Gasteiger partial charge in [0.25, 0.3) is 5.91 Å². The highest BCUT2D eigenvalue weighted by Crippen LogP contribution is 2.30. The average molecular weight is 320 g/mol. The van der Waals surface area contributed by atoms with Crippen LogP contribution in [0.2, 0.25) is 0 Å². The Kier molecular flexibility index (Phi) is 3.85. The SMILES string of the molecule is CN(C(=O)COc1c(F)cc(F)cc1Br)C1CC1. The van der Waals surface area contributed by atoms with Crippen LogP contribution in [0.1, 0.15) is 12.8 Å². The molecule has 0 atom stereocenters. The van der Waals surface area contributed by atoms with Crippen LogP contribution in [0.5, 0.6) is 5.75 Å². The molecule has 98 valence electrons. The minimum Gasteiger partial charge on any atom is -0.479 e. The highest BCUT2D eigenvalue weighted by atomic mass is 79.9. The zero-order valence-electron chi connectivity index (χ0n) is 9.75.